The van der Waals surface area contributed by atoms with Gasteiger partial charge in [0.05, 0.1) is 0 Å². The molecule has 1 heterocycles. The molecular weight excluding hydrogens is 384 g/mol. The highest BCUT2D eigenvalue weighted by Gasteiger charge is 2.35. The van der Waals surface area contributed by atoms with Crippen LogP contribution in [-0.2, 0) is 0 Å². The molecule has 2 atom stereocenters. The molecule has 1 aliphatic heterocycles. The van der Waals surface area contributed by atoms with Crippen LogP contribution >= 0.6 is 11.6 Å². The molecule has 5 heteroatoms. The molecule has 0 radical (unpaired) electrons. The van der Waals surface area contributed by atoms with E-state index in [1.807, 2.05) is 19.1 Å². The van der Waals surface area contributed by atoms with E-state index in [1.165, 1.54) is 25.7 Å². The van der Waals surface area contributed by atoms with E-state index in [0.29, 0.717) is 33.8 Å². The first-order chi connectivity index (χ1) is 14.0. The van der Waals surface area contributed by atoms with E-state index in [0.717, 1.165) is 24.9 Å². The van der Waals surface area contributed by atoms with Crippen LogP contribution in [0.1, 0.15) is 64.8 Å². The molecule has 2 fully saturated rings. The maximum absolute atomic E-state index is 13.1. The van der Waals surface area contributed by atoms with E-state index in [-0.39, 0.29) is 11.8 Å². The Bertz CT molecular complexity index is 908. The van der Waals surface area contributed by atoms with Crippen LogP contribution in [0.5, 0.6) is 0 Å². The number of halogens is 1. The smallest absolute Gasteiger partial charge is 0.255 e. The van der Waals surface area contributed by atoms with Crippen LogP contribution in [-0.4, -0.2) is 29.3 Å². The van der Waals surface area contributed by atoms with Crippen LogP contribution in [0, 0.1) is 12.8 Å². The number of hydrogen-bond acceptors (Lipinski definition) is 2. The Kier molecular flexibility index (Phi) is 5.91. The number of nitrogens with one attached hydrogen (secondary N) is 1. The van der Waals surface area contributed by atoms with Crippen LogP contribution in [0.2, 0.25) is 5.02 Å². The average molecular weight is 411 g/mol. The molecule has 2 aliphatic rings. The number of likely N-dealkylation sites (tertiary alicyclic amines) is 1. The number of piperidine rings is 1. The summed E-state index contributed by atoms with van der Waals surface area (Å²) >= 11 is 5.97. The van der Waals surface area contributed by atoms with Gasteiger partial charge >= 0.3 is 0 Å². The second-order valence-corrected chi connectivity index (χ2v) is 8.68. The summed E-state index contributed by atoms with van der Waals surface area (Å²) in [4.78, 5) is 27.7. The molecule has 4 rings (SSSR count). The standard InChI is InChI=1S/C24H27ClN2O2/c1-16-15-19(25)10-13-21(16)23(28)26-20-11-8-18(9-12-20)24(29)27-14-4-6-17-5-2-3-7-22(17)27/h8-13,15,17,22H,2-7,14H2,1H3,(H,26,28)/t17-,22-/m0/s1. The number of carbonyl (C=O) groups is 2. The summed E-state index contributed by atoms with van der Waals surface area (Å²) in [5.41, 5.74) is 2.78. The van der Waals surface area contributed by atoms with Gasteiger partial charge in [-0.1, -0.05) is 24.4 Å². The van der Waals surface area contributed by atoms with Gasteiger partial charge in [-0.25, -0.2) is 0 Å². The molecule has 2 aromatic rings. The fourth-order valence-corrected chi connectivity index (χ4v) is 5.05. The summed E-state index contributed by atoms with van der Waals surface area (Å²) < 4.78 is 0. The Hall–Kier alpha value is -2.33. The number of amides is 2. The third kappa shape index (κ3) is 4.32. The molecule has 0 bridgehead atoms. The summed E-state index contributed by atoms with van der Waals surface area (Å²) in [7, 11) is 0. The Morgan fingerprint density at radius 2 is 1.72 bits per heavy atom. The van der Waals surface area contributed by atoms with Gasteiger partial charge in [0.2, 0.25) is 0 Å². The van der Waals surface area contributed by atoms with Gasteiger partial charge in [0.15, 0.2) is 0 Å². The van der Waals surface area contributed by atoms with E-state index >= 15 is 0 Å². The molecule has 0 unspecified atom stereocenters. The van der Waals surface area contributed by atoms with Crippen molar-refractivity contribution in [1.29, 1.82) is 0 Å². The molecule has 1 saturated carbocycles. The minimum absolute atomic E-state index is 0.119. The van der Waals surface area contributed by atoms with Gasteiger partial charge in [0.25, 0.3) is 11.8 Å². The SMILES string of the molecule is Cc1cc(Cl)ccc1C(=O)Nc1ccc(C(=O)N2CCC[C@@H]3CCCC[C@@H]32)cc1. The van der Waals surface area contributed by atoms with Crippen LogP contribution in [0.3, 0.4) is 0 Å². The summed E-state index contributed by atoms with van der Waals surface area (Å²) in [5, 5.41) is 3.51. The molecule has 4 nitrogen and oxygen atoms in total. The van der Waals surface area contributed by atoms with E-state index in [9.17, 15) is 9.59 Å². The molecule has 2 amide bonds. The van der Waals surface area contributed by atoms with E-state index in [2.05, 4.69) is 10.2 Å². The molecule has 0 aromatic heterocycles. The van der Waals surface area contributed by atoms with Crippen molar-refractivity contribution in [3.05, 3.63) is 64.2 Å². The fraction of sp³-hybridized carbons (Fsp3) is 0.417. The fourth-order valence-electron chi connectivity index (χ4n) is 4.82. The second-order valence-electron chi connectivity index (χ2n) is 8.24. The van der Waals surface area contributed by atoms with Crippen molar-refractivity contribution in [2.24, 2.45) is 5.92 Å². The van der Waals surface area contributed by atoms with Crippen molar-refractivity contribution >= 4 is 29.1 Å². The summed E-state index contributed by atoms with van der Waals surface area (Å²) in [6.45, 7) is 2.72. The van der Waals surface area contributed by atoms with Crippen molar-refractivity contribution in [2.45, 2.75) is 51.5 Å². The average Bonchev–Trinajstić information content (AvgIpc) is 2.73. The van der Waals surface area contributed by atoms with Crippen molar-refractivity contribution in [1.82, 2.24) is 4.90 Å². The first kappa shape index (κ1) is 20.0. The number of benzene rings is 2. The quantitative estimate of drug-likeness (QED) is 0.705. The zero-order valence-corrected chi connectivity index (χ0v) is 17.5. The van der Waals surface area contributed by atoms with E-state index in [4.69, 9.17) is 11.6 Å². The van der Waals surface area contributed by atoms with Gasteiger partial charge in [-0.3, -0.25) is 9.59 Å². The predicted molar refractivity (Wildman–Crippen MR) is 117 cm³/mol. The molecule has 152 valence electrons. The minimum Gasteiger partial charge on any atom is -0.335 e. The number of fused-ring (bicyclic) bond motifs is 1. The molecule has 1 aliphatic carbocycles. The second kappa shape index (κ2) is 8.58. The zero-order valence-electron chi connectivity index (χ0n) is 16.8. The third-order valence-electron chi connectivity index (χ3n) is 6.33. The lowest BCUT2D eigenvalue weighted by molar-refractivity contribution is 0.0390. The number of rotatable bonds is 3. The van der Waals surface area contributed by atoms with Gasteiger partial charge in [-0.2, -0.15) is 0 Å². The molecule has 29 heavy (non-hydrogen) atoms. The van der Waals surface area contributed by atoms with Crippen molar-refractivity contribution in [3.8, 4) is 0 Å². The van der Waals surface area contributed by atoms with Crippen LogP contribution in [0.4, 0.5) is 5.69 Å². The van der Waals surface area contributed by atoms with Gasteiger partial charge < -0.3 is 10.2 Å². The predicted octanol–water partition coefficient (Wildman–Crippen LogP) is 5.70. The molecular formula is C24H27ClN2O2. The Morgan fingerprint density at radius 1 is 1.00 bits per heavy atom. The van der Waals surface area contributed by atoms with Crippen molar-refractivity contribution in [2.75, 3.05) is 11.9 Å². The lowest BCUT2D eigenvalue weighted by atomic mass is 9.78. The Balaban J connectivity index is 1.44. The highest BCUT2D eigenvalue weighted by atomic mass is 35.5. The molecule has 2 aromatic carbocycles. The van der Waals surface area contributed by atoms with E-state index < -0.39 is 0 Å². The number of carbonyl (C=O) groups excluding carboxylic acids is 2. The lowest BCUT2D eigenvalue weighted by Crippen LogP contribution is -2.49. The van der Waals surface area contributed by atoms with Gasteiger partial charge in [-0.15, -0.1) is 0 Å². The highest BCUT2D eigenvalue weighted by Crippen LogP contribution is 2.36. The number of aryl methyl sites for hydroxylation is 1. The normalized spacial score (nSPS) is 21.4. The maximum Gasteiger partial charge on any atom is 0.255 e. The topological polar surface area (TPSA) is 49.4 Å². The number of nitrogens with zero attached hydrogens (tertiary/aromatic N) is 1. The highest BCUT2D eigenvalue weighted by molar-refractivity contribution is 6.30. The summed E-state index contributed by atoms with van der Waals surface area (Å²) in [6.07, 6.45) is 7.25. The monoisotopic (exact) mass is 410 g/mol. The lowest BCUT2D eigenvalue weighted by Gasteiger charge is -2.44. The number of anilines is 1. The van der Waals surface area contributed by atoms with Crippen LogP contribution in [0.15, 0.2) is 42.5 Å². The zero-order chi connectivity index (χ0) is 20.4. The third-order valence-corrected chi connectivity index (χ3v) is 6.56. The van der Waals surface area contributed by atoms with Crippen LogP contribution in [0.25, 0.3) is 0 Å². The summed E-state index contributed by atoms with van der Waals surface area (Å²) in [6, 6.07) is 12.9. The molecule has 1 saturated heterocycles. The van der Waals surface area contributed by atoms with Gasteiger partial charge in [0.1, 0.15) is 0 Å². The molecule has 1 N–H and O–H groups in total. The van der Waals surface area contributed by atoms with Gasteiger partial charge in [-0.05, 0) is 86.6 Å². The van der Waals surface area contributed by atoms with Crippen molar-refractivity contribution < 1.29 is 9.59 Å². The largest absolute Gasteiger partial charge is 0.335 e. The van der Waals surface area contributed by atoms with Crippen molar-refractivity contribution in [3.63, 3.8) is 0 Å². The van der Waals surface area contributed by atoms with E-state index in [1.54, 1.807) is 30.3 Å². The van der Waals surface area contributed by atoms with Gasteiger partial charge in [0, 0.05) is 34.4 Å². The summed E-state index contributed by atoms with van der Waals surface area (Å²) in [5.74, 6) is 0.606. The minimum atomic E-state index is -0.181. The Morgan fingerprint density at radius 3 is 2.48 bits per heavy atom. The Labute approximate surface area is 177 Å². The first-order valence-corrected chi connectivity index (χ1v) is 10.9. The van der Waals surface area contributed by atoms with Crippen LogP contribution < -0.4 is 5.32 Å². The molecule has 0 spiro atoms. The maximum atomic E-state index is 13.1. The first-order valence-electron chi connectivity index (χ1n) is 10.5. The number of hydrogen-bond donors (Lipinski definition) is 1.